The minimum atomic E-state index is 0.249. The van der Waals surface area contributed by atoms with Gasteiger partial charge in [-0.15, -0.1) is 0 Å². The van der Waals surface area contributed by atoms with E-state index in [1.165, 1.54) is 49.7 Å². The maximum atomic E-state index is 3.87. The molecule has 106 valence electrons. The Hall–Kier alpha value is -0.820. The van der Waals surface area contributed by atoms with Gasteiger partial charge in [-0.2, -0.15) is 0 Å². The maximum Gasteiger partial charge on any atom is 0.0434 e. The zero-order valence-electron chi connectivity index (χ0n) is 12.8. The summed E-state index contributed by atoms with van der Waals surface area (Å²) in [6, 6.07) is 9.29. The highest BCUT2D eigenvalue weighted by atomic mass is 15.0. The quantitative estimate of drug-likeness (QED) is 0.787. The lowest BCUT2D eigenvalue weighted by atomic mass is 9.75. The van der Waals surface area contributed by atoms with E-state index in [1.807, 2.05) is 0 Å². The van der Waals surface area contributed by atoms with E-state index in [-0.39, 0.29) is 5.54 Å². The van der Waals surface area contributed by atoms with Crippen LogP contribution in [-0.2, 0) is 5.54 Å². The van der Waals surface area contributed by atoms with Crippen LogP contribution in [0.2, 0.25) is 0 Å². The van der Waals surface area contributed by atoms with E-state index in [0.29, 0.717) is 5.92 Å². The molecule has 1 N–H and O–H groups in total. The Morgan fingerprint density at radius 2 is 1.89 bits per heavy atom. The van der Waals surface area contributed by atoms with E-state index in [2.05, 4.69) is 50.4 Å². The predicted octanol–water partition coefficient (Wildman–Crippen LogP) is 4.97. The molecular formula is C18H29N. The van der Waals surface area contributed by atoms with Crippen molar-refractivity contribution in [3.63, 3.8) is 0 Å². The standard InChI is InChI=1S/C18H29N/c1-4-13-19-18(11-6-5-7-12-18)17-10-8-9-16(14-17)15(2)3/h8-10,14-15,19H,4-7,11-13H2,1-3H3. The average molecular weight is 259 g/mol. The van der Waals surface area contributed by atoms with Gasteiger partial charge in [0, 0.05) is 5.54 Å². The average Bonchev–Trinajstić information content (AvgIpc) is 2.46. The molecule has 0 bridgehead atoms. The van der Waals surface area contributed by atoms with Crippen molar-refractivity contribution in [2.45, 2.75) is 70.8 Å². The molecule has 0 aliphatic heterocycles. The second-order valence-corrected chi connectivity index (χ2v) is 6.35. The molecule has 0 unspecified atom stereocenters. The Morgan fingerprint density at radius 3 is 2.53 bits per heavy atom. The van der Waals surface area contributed by atoms with E-state index in [0.717, 1.165) is 6.54 Å². The first-order valence-corrected chi connectivity index (χ1v) is 8.03. The smallest absolute Gasteiger partial charge is 0.0434 e. The molecule has 0 radical (unpaired) electrons. The summed E-state index contributed by atoms with van der Waals surface area (Å²) in [5.74, 6) is 0.617. The topological polar surface area (TPSA) is 12.0 Å². The summed E-state index contributed by atoms with van der Waals surface area (Å²) >= 11 is 0. The molecule has 19 heavy (non-hydrogen) atoms. The van der Waals surface area contributed by atoms with Gasteiger partial charge in [-0.05, 0) is 42.9 Å². The fourth-order valence-corrected chi connectivity index (χ4v) is 3.28. The van der Waals surface area contributed by atoms with Gasteiger partial charge >= 0.3 is 0 Å². The van der Waals surface area contributed by atoms with Gasteiger partial charge in [0.2, 0.25) is 0 Å². The van der Waals surface area contributed by atoms with Gasteiger partial charge in [0.15, 0.2) is 0 Å². The molecule has 0 saturated heterocycles. The summed E-state index contributed by atoms with van der Waals surface area (Å²) in [6.07, 6.45) is 7.94. The van der Waals surface area contributed by atoms with Crippen LogP contribution in [0.4, 0.5) is 0 Å². The molecule has 1 saturated carbocycles. The molecule has 1 aromatic rings. The lowest BCUT2D eigenvalue weighted by molar-refractivity contribution is 0.234. The summed E-state index contributed by atoms with van der Waals surface area (Å²) in [7, 11) is 0. The summed E-state index contributed by atoms with van der Waals surface area (Å²) in [5, 5.41) is 3.87. The van der Waals surface area contributed by atoms with Gasteiger partial charge in [-0.1, -0.05) is 64.3 Å². The zero-order valence-corrected chi connectivity index (χ0v) is 12.8. The highest BCUT2D eigenvalue weighted by Crippen LogP contribution is 2.38. The highest BCUT2D eigenvalue weighted by molar-refractivity contribution is 5.31. The van der Waals surface area contributed by atoms with Crippen LogP contribution in [0.25, 0.3) is 0 Å². The van der Waals surface area contributed by atoms with Crippen LogP contribution in [0.15, 0.2) is 24.3 Å². The van der Waals surface area contributed by atoms with E-state index >= 15 is 0 Å². The van der Waals surface area contributed by atoms with Gasteiger partial charge in [-0.25, -0.2) is 0 Å². The van der Waals surface area contributed by atoms with Crippen molar-refractivity contribution >= 4 is 0 Å². The fraction of sp³-hybridized carbons (Fsp3) is 0.667. The van der Waals surface area contributed by atoms with Crippen molar-refractivity contribution in [3.8, 4) is 0 Å². The summed E-state index contributed by atoms with van der Waals surface area (Å²) in [4.78, 5) is 0. The molecule has 0 aromatic heterocycles. The molecule has 0 spiro atoms. The first kappa shape index (κ1) is 14.6. The Balaban J connectivity index is 2.28. The van der Waals surface area contributed by atoms with Gasteiger partial charge < -0.3 is 5.32 Å². The third kappa shape index (κ3) is 3.39. The minimum Gasteiger partial charge on any atom is -0.307 e. The first-order chi connectivity index (χ1) is 9.18. The molecule has 1 nitrogen and oxygen atoms in total. The van der Waals surface area contributed by atoms with Crippen LogP contribution >= 0.6 is 0 Å². The summed E-state index contributed by atoms with van der Waals surface area (Å²) in [5.41, 5.74) is 3.24. The molecule has 0 atom stereocenters. The fourth-order valence-electron chi connectivity index (χ4n) is 3.28. The number of nitrogens with one attached hydrogen (secondary N) is 1. The largest absolute Gasteiger partial charge is 0.307 e. The molecular weight excluding hydrogens is 230 g/mol. The Kier molecular flexibility index (Phi) is 5.04. The predicted molar refractivity (Wildman–Crippen MR) is 83.6 cm³/mol. The van der Waals surface area contributed by atoms with Crippen molar-refractivity contribution in [1.29, 1.82) is 0 Å². The molecule has 1 aliphatic rings. The van der Waals surface area contributed by atoms with Crippen LogP contribution in [0, 0.1) is 0 Å². The van der Waals surface area contributed by atoms with Crippen LogP contribution in [0.5, 0.6) is 0 Å². The number of benzene rings is 1. The number of hydrogen-bond donors (Lipinski definition) is 1. The Labute approximate surface area is 118 Å². The van der Waals surface area contributed by atoms with Gasteiger partial charge in [-0.3, -0.25) is 0 Å². The SMILES string of the molecule is CCCNC1(c2cccc(C(C)C)c2)CCCCC1. The van der Waals surface area contributed by atoms with Gasteiger partial charge in [0.1, 0.15) is 0 Å². The van der Waals surface area contributed by atoms with Gasteiger partial charge in [0.05, 0.1) is 0 Å². The van der Waals surface area contributed by atoms with Crippen molar-refractivity contribution in [1.82, 2.24) is 5.32 Å². The third-order valence-electron chi connectivity index (χ3n) is 4.53. The van der Waals surface area contributed by atoms with E-state index in [9.17, 15) is 0 Å². The second kappa shape index (κ2) is 6.56. The van der Waals surface area contributed by atoms with Crippen molar-refractivity contribution in [2.75, 3.05) is 6.54 Å². The van der Waals surface area contributed by atoms with Gasteiger partial charge in [0.25, 0.3) is 0 Å². The van der Waals surface area contributed by atoms with Crippen LogP contribution < -0.4 is 5.32 Å². The molecule has 0 heterocycles. The maximum absolute atomic E-state index is 3.87. The number of rotatable bonds is 5. The van der Waals surface area contributed by atoms with Crippen LogP contribution in [0.3, 0.4) is 0 Å². The minimum absolute atomic E-state index is 0.249. The lowest BCUT2D eigenvalue weighted by Gasteiger charge is -2.39. The van der Waals surface area contributed by atoms with Crippen molar-refractivity contribution in [2.24, 2.45) is 0 Å². The number of hydrogen-bond acceptors (Lipinski definition) is 1. The van der Waals surface area contributed by atoms with E-state index in [1.54, 1.807) is 0 Å². The second-order valence-electron chi connectivity index (χ2n) is 6.35. The van der Waals surface area contributed by atoms with E-state index in [4.69, 9.17) is 0 Å². The van der Waals surface area contributed by atoms with Crippen LogP contribution in [0.1, 0.15) is 76.3 Å². The Bertz CT molecular complexity index is 388. The molecule has 2 rings (SSSR count). The molecule has 1 fully saturated rings. The van der Waals surface area contributed by atoms with Crippen LogP contribution in [-0.4, -0.2) is 6.54 Å². The summed E-state index contributed by atoms with van der Waals surface area (Å²) < 4.78 is 0. The third-order valence-corrected chi connectivity index (χ3v) is 4.53. The molecule has 1 heteroatoms. The highest BCUT2D eigenvalue weighted by Gasteiger charge is 2.33. The molecule has 0 amide bonds. The normalized spacial score (nSPS) is 18.7. The molecule has 1 aromatic carbocycles. The van der Waals surface area contributed by atoms with Crippen molar-refractivity contribution in [3.05, 3.63) is 35.4 Å². The lowest BCUT2D eigenvalue weighted by Crippen LogP contribution is -2.44. The zero-order chi connectivity index (χ0) is 13.7. The molecule has 1 aliphatic carbocycles. The first-order valence-electron chi connectivity index (χ1n) is 8.03. The van der Waals surface area contributed by atoms with Crippen molar-refractivity contribution < 1.29 is 0 Å². The monoisotopic (exact) mass is 259 g/mol. The summed E-state index contributed by atoms with van der Waals surface area (Å²) in [6.45, 7) is 7.96. The Morgan fingerprint density at radius 1 is 1.16 bits per heavy atom. The van der Waals surface area contributed by atoms with E-state index < -0.39 is 0 Å².